The fourth-order valence-corrected chi connectivity index (χ4v) is 1.71. The lowest BCUT2D eigenvalue weighted by molar-refractivity contribution is -0.137. The van der Waals surface area contributed by atoms with E-state index in [9.17, 15) is 9.59 Å². The minimum absolute atomic E-state index is 0.296. The van der Waals surface area contributed by atoms with Crippen LogP contribution in [0.15, 0.2) is 23.9 Å². The second kappa shape index (κ2) is 3.17. The molecule has 0 aromatic rings. The van der Waals surface area contributed by atoms with Crippen molar-refractivity contribution in [2.45, 2.75) is 19.3 Å². The Morgan fingerprint density at radius 3 is 3.08 bits per heavy atom. The summed E-state index contributed by atoms with van der Waals surface area (Å²) in [5.41, 5.74) is 0.901. The molecule has 1 heterocycles. The first-order valence-electron chi connectivity index (χ1n) is 4.48. The topological polar surface area (TPSA) is 46.2 Å². The number of fused-ring (bicyclic) bond motifs is 1. The summed E-state index contributed by atoms with van der Waals surface area (Å²) in [6, 6.07) is 0. The number of nitrogens with one attached hydrogen (secondary N) is 1. The first kappa shape index (κ1) is 8.23. The smallest absolute Gasteiger partial charge is 0.291 e. The van der Waals surface area contributed by atoms with Crippen molar-refractivity contribution in [3.8, 4) is 0 Å². The fourth-order valence-electron chi connectivity index (χ4n) is 1.71. The summed E-state index contributed by atoms with van der Waals surface area (Å²) >= 11 is 0. The van der Waals surface area contributed by atoms with Crippen LogP contribution in [0.4, 0.5) is 0 Å². The van der Waals surface area contributed by atoms with Crippen molar-refractivity contribution < 1.29 is 9.59 Å². The zero-order valence-electron chi connectivity index (χ0n) is 7.25. The highest BCUT2D eigenvalue weighted by Gasteiger charge is 2.26. The third kappa shape index (κ3) is 1.54. The van der Waals surface area contributed by atoms with Gasteiger partial charge in [0.1, 0.15) is 0 Å². The number of hydrogen-bond acceptors (Lipinski definition) is 2. The summed E-state index contributed by atoms with van der Waals surface area (Å²) in [7, 11) is 0. The molecule has 2 rings (SSSR count). The third-order valence-electron chi connectivity index (χ3n) is 2.50. The second-order valence-corrected chi connectivity index (χ2v) is 3.40. The SMILES string of the molecule is O=C1CCC2CC=CC=C2NC1=O. The molecule has 1 saturated heterocycles. The highest BCUT2D eigenvalue weighted by atomic mass is 16.2. The number of hydrogen-bond donors (Lipinski definition) is 1. The van der Waals surface area contributed by atoms with Crippen LogP contribution >= 0.6 is 0 Å². The van der Waals surface area contributed by atoms with Gasteiger partial charge in [0.2, 0.25) is 5.78 Å². The molecule has 3 heteroatoms. The van der Waals surface area contributed by atoms with E-state index in [1.54, 1.807) is 0 Å². The van der Waals surface area contributed by atoms with E-state index in [0.29, 0.717) is 12.3 Å². The Bertz CT molecular complexity index is 315. The summed E-state index contributed by atoms with van der Waals surface area (Å²) in [4.78, 5) is 22.2. The summed E-state index contributed by atoms with van der Waals surface area (Å²) < 4.78 is 0. The molecule has 1 unspecified atom stereocenters. The molecule has 1 aliphatic heterocycles. The van der Waals surface area contributed by atoms with E-state index in [-0.39, 0.29) is 5.78 Å². The Morgan fingerprint density at radius 2 is 2.23 bits per heavy atom. The zero-order valence-corrected chi connectivity index (χ0v) is 7.25. The van der Waals surface area contributed by atoms with Gasteiger partial charge in [0.05, 0.1) is 0 Å². The van der Waals surface area contributed by atoms with Gasteiger partial charge in [0, 0.05) is 18.0 Å². The fraction of sp³-hybridized carbons (Fsp3) is 0.400. The van der Waals surface area contributed by atoms with Gasteiger partial charge < -0.3 is 5.32 Å². The van der Waals surface area contributed by atoms with Crippen molar-refractivity contribution in [1.29, 1.82) is 0 Å². The highest BCUT2D eigenvalue weighted by molar-refractivity contribution is 6.36. The van der Waals surface area contributed by atoms with Crippen LogP contribution in [0.5, 0.6) is 0 Å². The Morgan fingerprint density at radius 1 is 1.38 bits per heavy atom. The van der Waals surface area contributed by atoms with Gasteiger partial charge >= 0.3 is 0 Å². The molecule has 0 aromatic heterocycles. The van der Waals surface area contributed by atoms with Gasteiger partial charge in [-0.3, -0.25) is 9.59 Å². The van der Waals surface area contributed by atoms with Gasteiger partial charge in [-0.05, 0) is 18.9 Å². The Kier molecular flexibility index (Phi) is 2.00. The van der Waals surface area contributed by atoms with Crippen LogP contribution in [-0.2, 0) is 9.59 Å². The van der Waals surface area contributed by atoms with Crippen LogP contribution in [0, 0.1) is 5.92 Å². The van der Waals surface area contributed by atoms with E-state index in [2.05, 4.69) is 11.4 Å². The average molecular weight is 177 g/mol. The molecule has 2 aliphatic rings. The van der Waals surface area contributed by atoms with Crippen LogP contribution in [0.25, 0.3) is 0 Å². The van der Waals surface area contributed by atoms with Gasteiger partial charge in [-0.1, -0.05) is 12.2 Å². The monoisotopic (exact) mass is 177 g/mol. The van der Waals surface area contributed by atoms with Crippen molar-refractivity contribution in [2.75, 3.05) is 0 Å². The lowest BCUT2D eigenvalue weighted by Crippen LogP contribution is -2.29. The second-order valence-electron chi connectivity index (χ2n) is 3.40. The molecule has 1 amide bonds. The van der Waals surface area contributed by atoms with Crippen LogP contribution in [0.2, 0.25) is 0 Å². The van der Waals surface area contributed by atoms with E-state index >= 15 is 0 Å². The zero-order chi connectivity index (χ0) is 9.26. The van der Waals surface area contributed by atoms with Gasteiger partial charge in [0.15, 0.2) is 0 Å². The Hall–Kier alpha value is -1.38. The molecule has 0 bridgehead atoms. The molecule has 0 radical (unpaired) electrons. The molecular weight excluding hydrogens is 166 g/mol. The summed E-state index contributed by atoms with van der Waals surface area (Å²) in [5, 5.41) is 2.65. The largest absolute Gasteiger partial charge is 0.323 e. The number of carbonyl (C=O) groups is 2. The summed E-state index contributed by atoms with van der Waals surface area (Å²) in [6.07, 6.45) is 7.96. The van der Waals surface area contributed by atoms with Crippen molar-refractivity contribution in [3.63, 3.8) is 0 Å². The number of rotatable bonds is 0. The van der Waals surface area contributed by atoms with Crippen molar-refractivity contribution in [1.82, 2.24) is 5.32 Å². The average Bonchev–Trinajstić information content (AvgIpc) is 2.28. The maximum atomic E-state index is 11.1. The van der Waals surface area contributed by atoms with E-state index in [1.165, 1.54) is 0 Å². The van der Waals surface area contributed by atoms with Gasteiger partial charge in [0.25, 0.3) is 5.91 Å². The molecule has 68 valence electrons. The lowest BCUT2D eigenvalue weighted by atomic mass is 9.93. The first-order chi connectivity index (χ1) is 6.27. The highest BCUT2D eigenvalue weighted by Crippen LogP contribution is 2.25. The minimum Gasteiger partial charge on any atom is -0.323 e. The molecule has 1 aliphatic carbocycles. The van der Waals surface area contributed by atoms with Crippen LogP contribution in [-0.4, -0.2) is 11.7 Å². The predicted octanol–water partition coefficient (Wildman–Crippen LogP) is 0.925. The predicted molar refractivity (Wildman–Crippen MR) is 47.7 cm³/mol. The number of Topliss-reactive ketones (excluding diaryl/α,β-unsaturated/α-hetero) is 1. The standard InChI is InChI=1S/C10H11NO2/c12-9-6-5-7-3-1-2-4-8(7)11-10(9)13/h1-2,4,7H,3,5-6H2,(H,11,13). The number of amides is 1. The quantitative estimate of drug-likeness (QED) is 0.559. The Labute approximate surface area is 76.5 Å². The summed E-state index contributed by atoms with van der Waals surface area (Å²) in [6.45, 7) is 0. The maximum Gasteiger partial charge on any atom is 0.291 e. The van der Waals surface area contributed by atoms with Crippen molar-refractivity contribution in [2.24, 2.45) is 5.92 Å². The number of carbonyl (C=O) groups excluding carboxylic acids is 2. The van der Waals surface area contributed by atoms with Crippen LogP contribution < -0.4 is 5.32 Å². The Balaban J connectivity index is 2.23. The molecule has 1 N–H and O–H groups in total. The molecule has 0 spiro atoms. The van der Waals surface area contributed by atoms with Gasteiger partial charge in [-0.15, -0.1) is 0 Å². The summed E-state index contributed by atoms with van der Waals surface area (Å²) in [5.74, 6) is -0.417. The van der Waals surface area contributed by atoms with E-state index < -0.39 is 5.91 Å². The molecule has 3 nitrogen and oxygen atoms in total. The van der Waals surface area contributed by atoms with E-state index in [4.69, 9.17) is 0 Å². The number of ketones is 1. The van der Waals surface area contributed by atoms with Crippen molar-refractivity contribution in [3.05, 3.63) is 23.9 Å². The van der Waals surface area contributed by atoms with E-state index in [0.717, 1.165) is 18.5 Å². The maximum absolute atomic E-state index is 11.1. The van der Waals surface area contributed by atoms with Gasteiger partial charge in [-0.2, -0.15) is 0 Å². The van der Waals surface area contributed by atoms with Gasteiger partial charge in [-0.25, -0.2) is 0 Å². The number of allylic oxidation sites excluding steroid dienone is 4. The van der Waals surface area contributed by atoms with E-state index in [1.807, 2.05) is 12.2 Å². The molecule has 0 aromatic carbocycles. The van der Waals surface area contributed by atoms with Crippen LogP contribution in [0.3, 0.4) is 0 Å². The molecule has 0 saturated carbocycles. The third-order valence-corrected chi connectivity index (χ3v) is 2.50. The molecular formula is C10H11NO2. The normalized spacial score (nSPS) is 27.4. The van der Waals surface area contributed by atoms with Crippen molar-refractivity contribution >= 4 is 11.7 Å². The first-order valence-corrected chi connectivity index (χ1v) is 4.48. The van der Waals surface area contributed by atoms with Crippen LogP contribution in [0.1, 0.15) is 19.3 Å². The molecule has 13 heavy (non-hydrogen) atoms. The minimum atomic E-state index is -0.455. The molecule has 1 fully saturated rings. The lowest BCUT2D eigenvalue weighted by Gasteiger charge is -2.17. The molecule has 1 atom stereocenters.